The smallest absolute Gasteiger partial charge is 0.226 e. The van der Waals surface area contributed by atoms with Crippen molar-refractivity contribution in [2.75, 3.05) is 6.54 Å². The molecule has 1 amide bonds. The average molecular weight is 259 g/mol. The number of nitrogens with one attached hydrogen (secondary N) is 1. The van der Waals surface area contributed by atoms with Gasteiger partial charge in [-0.3, -0.25) is 4.79 Å². The average Bonchev–Trinajstić information content (AvgIpc) is 3.01. The van der Waals surface area contributed by atoms with Crippen LogP contribution in [-0.4, -0.2) is 27.3 Å². The molecular formula is C15H21N3O. The number of piperidine rings is 1. The zero-order valence-corrected chi connectivity index (χ0v) is 11.2. The third-order valence-corrected chi connectivity index (χ3v) is 4.24. The van der Waals surface area contributed by atoms with Crippen molar-refractivity contribution in [3.8, 4) is 0 Å². The highest BCUT2D eigenvalue weighted by atomic mass is 16.2. The summed E-state index contributed by atoms with van der Waals surface area (Å²) in [6, 6.07) is 0.155. The molecule has 0 aromatic carbocycles. The van der Waals surface area contributed by atoms with Gasteiger partial charge in [0.1, 0.15) is 5.82 Å². The Morgan fingerprint density at radius 1 is 1.32 bits per heavy atom. The van der Waals surface area contributed by atoms with Crippen molar-refractivity contribution in [1.82, 2.24) is 14.9 Å². The van der Waals surface area contributed by atoms with Crippen molar-refractivity contribution >= 4 is 5.91 Å². The maximum Gasteiger partial charge on any atom is 0.226 e. The summed E-state index contributed by atoms with van der Waals surface area (Å²) in [5.74, 6) is 1.45. The summed E-state index contributed by atoms with van der Waals surface area (Å²) in [7, 11) is 0. The number of rotatable bonds is 2. The second-order valence-corrected chi connectivity index (χ2v) is 5.50. The summed E-state index contributed by atoms with van der Waals surface area (Å²) in [5, 5.41) is 0. The topological polar surface area (TPSA) is 49.0 Å². The van der Waals surface area contributed by atoms with Gasteiger partial charge in [0.05, 0.1) is 6.04 Å². The van der Waals surface area contributed by atoms with E-state index in [1.807, 2.05) is 6.20 Å². The fourth-order valence-corrected chi connectivity index (χ4v) is 3.19. The lowest BCUT2D eigenvalue weighted by atomic mass is 9.91. The van der Waals surface area contributed by atoms with Crippen molar-refractivity contribution < 1.29 is 4.79 Å². The number of aromatic amines is 1. The van der Waals surface area contributed by atoms with Crippen LogP contribution in [-0.2, 0) is 4.79 Å². The highest BCUT2D eigenvalue weighted by Crippen LogP contribution is 2.32. The van der Waals surface area contributed by atoms with Gasteiger partial charge in [-0.25, -0.2) is 4.98 Å². The van der Waals surface area contributed by atoms with Crippen LogP contribution < -0.4 is 0 Å². The second-order valence-electron chi connectivity index (χ2n) is 5.50. The maximum absolute atomic E-state index is 12.7. The molecule has 0 spiro atoms. The molecule has 19 heavy (non-hydrogen) atoms. The van der Waals surface area contributed by atoms with Crippen molar-refractivity contribution in [1.29, 1.82) is 0 Å². The van der Waals surface area contributed by atoms with Crippen LogP contribution in [0.4, 0.5) is 0 Å². The quantitative estimate of drug-likeness (QED) is 0.830. The monoisotopic (exact) mass is 259 g/mol. The van der Waals surface area contributed by atoms with Gasteiger partial charge in [0.25, 0.3) is 0 Å². The van der Waals surface area contributed by atoms with Crippen molar-refractivity contribution in [3.63, 3.8) is 0 Å². The molecule has 1 aromatic rings. The molecule has 1 fully saturated rings. The predicted octanol–water partition coefficient (Wildman–Crippen LogP) is 2.82. The first-order valence-electron chi connectivity index (χ1n) is 7.31. The van der Waals surface area contributed by atoms with Crippen molar-refractivity contribution in [2.24, 2.45) is 5.92 Å². The summed E-state index contributed by atoms with van der Waals surface area (Å²) in [4.78, 5) is 22.3. The summed E-state index contributed by atoms with van der Waals surface area (Å²) in [5.41, 5.74) is 0. The van der Waals surface area contributed by atoms with E-state index in [2.05, 4.69) is 27.0 Å². The van der Waals surface area contributed by atoms with Crippen LogP contribution in [0.3, 0.4) is 0 Å². The van der Waals surface area contributed by atoms with E-state index in [1.54, 1.807) is 6.20 Å². The van der Waals surface area contributed by atoms with E-state index >= 15 is 0 Å². The Labute approximate surface area is 113 Å². The number of imidazole rings is 1. The number of likely N-dealkylation sites (tertiary alicyclic amines) is 1. The van der Waals surface area contributed by atoms with Crippen LogP contribution in [0.25, 0.3) is 0 Å². The molecule has 1 aliphatic heterocycles. The summed E-state index contributed by atoms with van der Waals surface area (Å²) in [6.45, 7) is 0.879. The molecule has 2 heterocycles. The van der Waals surface area contributed by atoms with E-state index in [-0.39, 0.29) is 12.0 Å². The molecule has 0 bridgehead atoms. The van der Waals surface area contributed by atoms with Crippen LogP contribution in [0.2, 0.25) is 0 Å². The van der Waals surface area contributed by atoms with E-state index < -0.39 is 0 Å². The highest BCUT2D eigenvalue weighted by molar-refractivity contribution is 5.79. The lowest BCUT2D eigenvalue weighted by Crippen LogP contribution is -2.42. The molecule has 2 aliphatic rings. The molecule has 1 saturated heterocycles. The Morgan fingerprint density at radius 2 is 2.26 bits per heavy atom. The summed E-state index contributed by atoms with van der Waals surface area (Å²) < 4.78 is 0. The van der Waals surface area contributed by atoms with E-state index in [0.717, 1.165) is 44.5 Å². The van der Waals surface area contributed by atoms with Gasteiger partial charge >= 0.3 is 0 Å². The number of nitrogens with zero attached hydrogens (tertiary/aromatic N) is 2. The van der Waals surface area contributed by atoms with Gasteiger partial charge < -0.3 is 9.88 Å². The summed E-state index contributed by atoms with van der Waals surface area (Å²) in [6.07, 6.45) is 14.2. The van der Waals surface area contributed by atoms with Gasteiger partial charge in [-0.1, -0.05) is 12.2 Å². The van der Waals surface area contributed by atoms with E-state index in [4.69, 9.17) is 0 Å². The molecule has 1 aromatic heterocycles. The molecular weight excluding hydrogens is 238 g/mol. The molecule has 0 radical (unpaired) electrons. The predicted molar refractivity (Wildman–Crippen MR) is 73.4 cm³/mol. The molecule has 102 valence electrons. The number of allylic oxidation sites excluding steroid dienone is 2. The minimum absolute atomic E-state index is 0.155. The first kappa shape index (κ1) is 12.5. The molecule has 3 rings (SSSR count). The third kappa shape index (κ3) is 2.57. The molecule has 4 heteroatoms. The second kappa shape index (κ2) is 5.59. The first-order valence-corrected chi connectivity index (χ1v) is 7.31. The Balaban J connectivity index is 1.76. The standard InChI is InChI=1S/C15H21N3O/c19-15(12-6-2-1-3-7-12)18-11-5-4-8-13(18)14-16-9-10-17-14/h1-2,9-10,12-13H,3-8,11H2,(H,16,17)/t12-,13+/m1/s1. The van der Waals surface area contributed by atoms with Crippen LogP contribution in [0.15, 0.2) is 24.5 Å². The molecule has 1 aliphatic carbocycles. The highest BCUT2D eigenvalue weighted by Gasteiger charge is 2.33. The third-order valence-electron chi connectivity index (χ3n) is 4.24. The zero-order valence-electron chi connectivity index (χ0n) is 11.2. The minimum atomic E-state index is 0.155. The SMILES string of the molecule is O=C([C@@H]1CC=CCC1)N1CCCC[C@H]1c1ncc[nH]1. The number of hydrogen-bond donors (Lipinski definition) is 1. The first-order chi connectivity index (χ1) is 9.36. The maximum atomic E-state index is 12.7. The van der Waals surface area contributed by atoms with Gasteiger partial charge in [-0.15, -0.1) is 0 Å². The van der Waals surface area contributed by atoms with E-state index in [9.17, 15) is 4.79 Å². The van der Waals surface area contributed by atoms with Gasteiger partial charge in [0, 0.05) is 24.9 Å². The van der Waals surface area contributed by atoms with Gasteiger partial charge in [-0.2, -0.15) is 0 Å². The van der Waals surface area contributed by atoms with Crippen LogP contribution in [0, 0.1) is 5.92 Å². The number of H-pyrrole nitrogens is 1. The van der Waals surface area contributed by atoms with E-state index in [1.165, 1.54) is 6.42 Å². The van der Waals surface area contributed by atoms with Crippen LogP contribution in [0.1, 0.15) is 50.4 Å². The van der Waals surface area contributed by atoms with Gasteiger partial charge in [0.15, 0.2) is 0 Å². The minimum Gasteiger partial charge on any atom is -0.347 e. The Kier molecular flexibility index (Phi) is 3.67. The lowest BCUT2D eigenvalue weighted by Gasteiger charge is -2.37. The molecule has 0 saturated carbocycles. The fourth-order valence-electron chi connectivity index (χ4n) is 3.19. The molecule has 0 unspecified atom stereocenters. The molecule has 2 atom stereocenters. The zero-order chi connectivity index (χ0) is 13.1. The lowest BCUT2D eigenvalue weighted by molar-refractivity contribution is -0.140. The van der Waals surface area contributed by atoms with Gasteiger partial charge in [-0.05, 0) is 38.5 Å². The van der Waals surface area contributed by atoms with Crippen LogP contribution in [0.5, 0.6) is 0 Å². The fraction of sp³-hybridized carbons (Fsp3) is 0.600. The Hall–Kier alpha value is -1.58. The van der Waals surface area contributed by atoms with Crippen molar-refractivity contribution in [3.05, 3.63) is 30.4 Å². The number of carbonyl (C=O) groups excluding carboxylic acids is 1. The molecule has 1 N–H and O–H groups in total. The normalized spacial score (nSPS) is 27.5. The number of aromatic nitrogens is 2. The Bertz CT molecular complexity index is 452. The summed E-state index contributed by atoms with van der Waals surface area (Å²) >= 11 is 0. The number of carbonyl (C=O) groups is 1. The van der Waals surface area contributed by atoms with Gasteiger partial charge in [0.2, 0.25) is 5.91 Å². The largest absolute Gasteiger partial charge is 0.347 e. The number of amides is 1. The Morgan fingerprint density at radius 3 is 3.00 bits per heavy atom. The van der Waals surface area contributed by atoms with Crippen LogP contribution >= 0.6 is 0 Å². The van der Waals surface area contributed by atoms with E-state index in [0.29, 0.717) is 5.91 Å². The van der Waals surface area contributed by atoms with Crippen molar-refractivity contribution in [2.45, 2.75) is 44.6 Å². The number of hydrogen-bond acceptors (Lipinski definition) is 2. The molecule has 4 nitrogen and oxygen atoms in total.